The van der Waals surface area contributed by atoms with E-state index in [0.29, 0.717) is 0 Å². The van der Waals surface area contributed by atoms with Crippen LogP contribution in [0.3, 0.4) is 0 Å². The second-order valence-corrected chi connectivity index (χ2v) is 13.3. The minimum Gasteiger partial charge on any atom is -0.453 e. The molecule has 1 heterocycles. The summed E-state index contributed by atoms with van der Waals surface area (Å²) in [7, 11) is 0. The average molecular weight is 664 g/mol. The van der Waals surface area contributed by atoms with Gasteiger partial charge in [-0.25, -0.2) is 0 Å². The predicted octanol–water partition coefficient (Wildman–Crippen LogP) is 14.4. The first-order chi connectivity index (χ1) is 25.8. The van der Waals surface area contributed by atoms with Crippen LogP contribution in [0.1, 0.15) is 0 Å². The van der Waals surface area contributed by atoms with Crippen LogP contribution in [0.4, 0.5) is 17.1 Å². The van der Waals surface area contributed by atoms with Crippen molar-refractivity contribution in [3.63, 3.8) is 0 Å². The fourth-order valence-corrected chi connectivity index (χ4v) is 7.84. The molecule has 0 spiro atoms. The zero-order valence-electron chi connectivity index (χ0n) is 28.4. The highest BCUT2D eigenvalue weighted by Gasteiger charge is 2.24. The summed E-state index contributed by atoms with van der Waals surface area (Å²) >= 11 is 0. The minimum absolute atomic E-state index is 0.851. The molecule has 0 aliphatic carbocycles. The summed E-state index contributed by atoms with van der Waals surface area (Å²) in [6.07, 6.45) is 0. The van der Waals surface area contributed by atoms with Crippen molar-refractivity contribution in [3.8, 4) is 33.4 Å². The molecule has 0 N–H and O–H groups in total. The van der Waals surface area contributed by atoms with E-state index in [1.54, 1.807) is 0 Å². The number of nitrogens with zero attached hydrogens (tertiary/aromatic N) is 1. The topological polar surface area (TPSA) is 16.4 Å². The van der Waals surface area contributed by atoms with Crippen molar-refractivity contribution in [2.45, 2.75) is 0 Å². The molecule has 244 valence electrons. The highest BCUT2D eigenvalue weighted by molar-refractivity contribution is 6.22. The largest absolute Gasteiger partial charge is 0.453 e. The standard InChI is InChI=1S/C50H33NO/c1-3-15-34(16-4-1)35-29-31-39(32-30-35)51(46-27-12-11-23-41(46)37-17-5-2-6-18-37)47-28-14-26-44-45-33-38-20-8-10-24-42(38)48(50(45)52-49(44)47)43-25-13-21-36-19-7-9-22-40(36)43/h1-33H. The van der Waals surface area contributed by atoms with E-state index in [2.05, 4.69) is 205 Å². The van der Waals surface area contributed by atoms with Crippen LogP contribution in [0.2, 0.25) is 0 Å². The first-order valence-corrected chi connectivity index (χ1v) is 17.8. The monoisotopic (exact) mass is 663 g/mol. The molecule has 10 rings (SSSR count). The highest BCUT2D eigenvalue weighted by Crippen LogP contribution is 2.48. The lowest BCUT2D eigenvalue weighted by atomic mass is 9.92. The van der Waals surface area contributed by atoms with Crippen molar-refractivity contribution in [1.29, 1.82) is 0 Å². The van der Waals surface area contributed by atoms with Crippen molar-refractivity contribution >= 4 is 60.5 Å². The van der Waals surface area contributed by atoms with Gasteiger partial charge in [-0.1, -0.05) is 170 Å². The zero-order chi connectivity index (χ0) is 34.4. The maximum absolute atomic E-state index is 7.25. The Bertz CT molecular complexity index is 2880. The van der Waals surface area contributed by atoms with Gasteiger partial charge in [0.15, 0.2) is 5.58 Å². The molecule has 0 atom stereocenters. The maximum Gasteiger partial charge on any atom is 0.159 e. The van der Waals surface area contributed by atoms with Gasteiger partial charge in [-0.15, -0.1) is 0 Å². The molecule has 0 amide bonds. The molecule has 0 saturated carbocycles. The molecule has 10 aromatic rings. The first-order valence-electron chi connectivity index (χ1n) is 17.8. The molecule has 52 heavy (non-hydrogen) atoms. The van der Waals surface area contributed by atoms with Gasteiger partial charge in [-0.2, -0.15) is 0 Å². The highest BCUT2D eigenvalue weighted by atomic mass is 16.3. The van der Waals surface area contributed by atoms with E-state index in [4.69, 9.17) is 4.42 Å². The molecule has 2 heteroatoms. The SMILES string of the molecule is c1ccc(-c2ccc(N(c3ccccc3-c3ccccc3)c3cccc4c3oc3c(-c5cccc6ccccc56)c5ccccc5cc34)cc2)cc1. The molecule has 0 saturated heterocycles. The quantitative estimate of drug-likeness (QED) is 0.176. The number of hydrogen-bond acceptors (Lipinski definition) is 2. The molecule has 0 bridgehead atoms. The van der Waals surface area contributed by atoms with Crippen LogP contribution in [0.25, 0.3) is 76.9 Å². The molecule has 0 aliphatic rings. The number of anilines is 3. The summed E-state index contributed by atoms with van der Waals surface area (Å²) in [6, 6.07) is 71.4. The second-order valence-electron chi connectivity index (χ2n) is 13.3. The van der Waals surface area contributed by atoms with Crippen molar-refractivity contribution in [3.05, 3.63) is 200 Å². The Hall–Kier alpha value is -6.90. The van der Waals surface area contributed by atoms with E-state index in [0.717, 1.165) is 55.7 Å². The fraction of sp³-hybridized carbons (Fsp3) is 0. The van der Waals surface area contributed by atoms with E-state index in [1.165, 1.54) is 38.2 Å². The Morgan fingerprint density at radius 2 is 0.885 bits per heavy atom. The van der Waals surface area contributed by atoms with Crippen molar-refractivity contribution in [2.24, 2.45) is 0 Å². The Morgan fingerprint density at radius 1 is 0.327 bits per heavy atom. The van der Waals surface area contributed by atoms with Gasteiger partial charge in [0.05, 0.1) is 11.4 Å². The Balaban J connectivity index is 1.27. The molecule has 0 aliphatic heterocycles. The van der Waals surface area contributed by atoms with Crippen LogP contribution in [0.15, 0.2) is 205 Å². The van der Waals surface area contributed by atoms with E-state index in [1.807, 2.05) is 0 Å². The van der Waals surface area contributed by atoms with Gasteiger partial charge < -0.3 is 9.32 Å². The lowest BCUT2D eigenvalue weighted by molar-refractivity contribution is 0.670. The summed E-state index contributed by atoms with van der Waals surface area (Å²) in [5, 5.41) is 6.97. The minimum atomic E-state index is 0.851. The summed E-state index contributed by atoms with van der Waals surface area (Å²) in [4.78, 5) is 2.36. The lowest BCUT2D eigenvalue weighted by Gasteiger charge is -2.28. The average Bonchev–Trinajstić information content (AvgIpc) is 3.60. The van der Waals surface area contributed by atoms with Gasteiger partial charge in [-0.3, -0.25) is 0 Å². The fourth-order valence-electron chi connectivity index (χ4n) is 7.84. The molecule has 1 aromatic heterocycles. The predicted molar refractivity (Wildman–Crippen MR) is 220 cm³/mol. The smallest absolute Gasteiger partial charge is 0.159 e. The van der Waals surface area contributed by atoms with Gasteiger partial charge in [0, 0.05) is 27.6 Å². The Morgan fingerprint density at radius 3 is 1.69 bits per heavy atom. The van der Waals surface area contributed by atoms with Gasteiger partial charge in [0.2, 0.25) is 0 Å². The molecular weight excluding hydrogens is 631 g/mol. The molecular formula is C50H33NO. The molecule has 9 aromatic carbocycles. The number of rotatable bonds is 6. The van der Waals surface area contributed by atoms with Gasteiger partial charge >= 0.3 is 0 Å². The second kappa shape index (κ2) is 12.5. The number of fused-ring (bicyclic) bond motifs is 5. The lowest BCUT2D eigenvalue weighted by Crippen LogP contribution is -2.11. The van der Waals surface area contributed by atoms with Gasteiger partial charge in [-0.05, 0) is 74.1 Å². The van der Waals surface area contributed by atoms with Crippen LogP contribution >= 0.6 is 0 Å². The Kier molecular flexibility index (Phi) is 7.18. The Labute approximate surface area is 302 Å². The summed E-state index contributed by atoms with van der Waals surface area (Å²) < 4.78 is 7.25. The summed E-state index contributed by atoms with van der Waals surface area (Å²) in [5.74, 6) is 0. The number of para-hydroxylation sites is 2. The molecule has 0 radical (unpaired) electrons. The normalized spacial score (nSPS) is 11.5. The van der Waals surface area contributed by atoms with Crippen molar-refractivity contribution in [1.82, 2.24) is 0 Å². The summed E-state index contributed by atoms with van der Waals surface area (Å²) in [6.45, 7) is 0. The van der Waals surface area contributed by atoms with Crippen LogP contribution < -0.4 is 4.90 Å². The molecule has 0 fully saturated rings. The third kappa shape index (κ3) is 4.96. The third-order valence-corrected chi connectivity index (χ3v) is 10.3. The van der Waals surface area contributed by atoms with Crippen molar-refractivity contribution in [2.75, 3.05) is 4.90 Å². The third-order valence-electron chi connectivity index (χ3n) is 10.3. The zero-order valence-corrected chi connectivity index (χ0v) is 28.4. The maximum atomic E-state index is 7.25. The number of benzene rings is 9. The van der Waals surface area contributed by atoms with Crippen molar-refractivity contribution < 1.29 is 4.42 Å². The van der Waals surface area contributed by atoms with E-state index in [9.17, 15) is 0 Å². The van der Waals surface area contributed by atoms with E-state index < -0.39 is 0 Å². The van der Waals surface area contributed by atoms with Crippen LogP contribution in [-0.2, 0) is 0 Å². The van der Waals surface area contributed by atoms with Crippen LogP contribution in [-0.4, -0.2) is 0 Å². The van der Waals surface area contributed by atoms with E-state index in [-0.39, 0.29) is 0 Å². The van der Waals surface area contributed by atoms with Gasteiger partial charge in [0.25, 0.3) is 0 Å². The van der Waals surface area contributed by atoms with Gasteiger partial charge in [0.1, 0.15) is 5.58 Å². The first kappa shape index (κ1) is 30.0. The number of furan rings is 1. The summed E-state index contributed by atoms with van der Waals surface area (Å²) in [5.41, 5.74) is 11.8. The van der Waals surface area contributed by atoms with E-state index >= 15 is 0 Å². The van der Waals surface area contributed by atoms with Crippen LogP contribution in [0.5, 0.6) is 0 Å². The molecule has 0 unspecified atom stereocenters. The molecule has 2 nitrogen and oxygen atoms in total. The number of hydrogen-bond donors (Lipinski definition) is 0. The van der Waals surface area contributed by atoms with Crippen LogP contribution in [0, 0.1) is 0 Å².